The number of hydrogen-bond donors (Lipinski definition) is 0. The second-order valence-electron chi connectivity index (χ2n) is 12.2. The summed E-state index contributed by atoms with van der Waals surface area (Å²) in [7, 11) is 1.22. The summed E-state index contributed by atoms with van der Waals surface area (Å²) in [6.45, 7) is 8.98. The first kappa shape index (κ1) is 45.8. The molecule has 1 aromatic carbocycles. The van der Waals surface area contributed by atoms with Crippen molar-refractivity contribution in [2.75, 3.05) is 26.9 Å². The van der Waals surface area contributed by atoms with E-state index in [4.69, 9.17) is 56.8 Å². The van der Waals surface area contributed by atoms with Gasteiger partial charge in [0.05, 0.1) is 11.9 Å². The van der Waals surface area contributed by atoms with Gasteiger partial charge in [-0.15, -0.1) is 6.58 Å². The lowest BCUT2D eigenvalue weighted by atomic mass is 9.96. The van der Waals surface area contributed by atoms with Gasteiger partial charge in [0.15, 0.2) is 37.0 Å². The number of hydrogen-bond acceptors (Lipinski definition) is 20. The molecule has 19 nitrogen and oxygen atoms in total. The number of carbonyl (C=O) groups is 7. The fraction of sp³-hybridized carbons (Fsp3) is 0.583. The zero-order valence-electron chi connectivity index (χ0n) is 31.8. The molecule has 0 N–H and O–H groups in total. The Hall–Kier alpha value is -4.60. The monoisotopic (exact) mass is 814 g/mol. The number of methoxy groups -OCH3 is 1. The van der Waals surface area contributed by atoms with Gasteiger partial charge in [0, 0.05) is 48.7 Å². The van der Waals surface area contributed by atoms with E-state index >= 15 is 0 Å². The Morgan fingerprint density at radius 3 is 1.59 bits per heavy atom. The number of carbonyl (C=O) groups excluding carboxylic acids is 7. The molecule has 2 aliphatic heterocycles. The van der Waals surface area contributed by atoms with Crippen LogP contribution >= 0.6 is 11.8 Å². The fourth-order valence-electron chi connectivity index (χ4n) is 5.61. The molecule has 2 aliphatic rings. The summed E-state index contributed by atoms with van der Waals surface area (Å²) in [4.78, 5) is 86.5. The molecule has 310 valence electrons. The molecule has 2 fully saturated rings. The highest BCUT2D eigenvalue weighted by Gasteiger charge is 2.57. The SMILES string of the molecule is C=CC(CO[C@@H]1[C@@H](OC(C)=O)[C@H](O[C@@H]2[C@@H](OC(C)=O)[C@H](OC)O[C@H](COC(C)=O)[C@H]2OC(C)=O)O[C@H](COC(C)=O)[C@H]1OC(C)=O)SC(=O)Oc1ccccc1. The molecule has 0 bridgehead atoms. The van der Waals surface area contributed by atoms with Crippen molar-refractivity contribution in [1.29, 1.82) is 0 Å². The maximum Gasteiger partial charge on any atom is 0.373 e. The zero-order valence-corrected chi connectivity index (χ0v) is 32.6. The zero-order chi connectivity index (χ0) is 41.5. The second kappa shape index (κ2) is 22.2. The third kappa shape index (κ3) is 14.2. The summed E-state index contributed by atoms with van der Waals surface area (Å²) in [6, 6.07) is 8.28. The summed E-state index contributed by atoms with van der Waals surface area (Å²) in [5.74, 6) is -4.55. The molecule has 11 atom stereocenters. The van der Waals surface area contributed by atoms with Crippen LogP contribution in [-0.4, -0.2) is 135 Å². The quantitative estimate of drug-likeness (QED) is 0.125. The lowest BCUT2D eigenvalue weighted by molar-refractivity contribution is -0.361. The van der Waals surface area contributed by atoms with Gasteiger partial charge in [0.2, 0.25) is 0 Å². The molecule has 1 unspecified atom stereocenters. The molecule has 20 heteroatoms. The van der Waals surface area contributed by atoms with E-state index in [-0.39, 0.29) is 12.4 Å². The van der Waals surface area contributed by atoms with Gasteiger partial charge in [-0.05, 0) is 23.9 Å². The average molecular weight is 815 g/mol. The Kier molecular flexibility index (Phi) is 18.2. The summed E-state index contributed by atoms with van der Waals surface area (Å²) in [6.07, 6.45) is -13.6. The van der Waals surface area contributed by atoms with Gasteiger partial charge >= 0.3 is 41.1 Å². The molecule has 0 aliphatic carbocycles. The number of ether oxygens (including phenoxy) is 12. The molecule has 0 amide bonds. The summed E-state index contributed by atoms with van der Waals surface area (Å²) in [5, 5.41) is -1.50. The molecule has 2 saturated heterocycles. The standard InChI is InChI=1S/C36H46O19S/c1-9-25(56-36(43)52-24-13-11-10-12-14-24)15-47-30-28(48-20(4)39)26(16-45-18(2)37)54-35(32(30)50-22(6)41)55-31-29(49-21(5)40)27(17-46-19(3)38)53-34(44-8)33(31)51-23(7)42/h9-14,25-35H,1,15-17H2,2-8H3/t25?,26-,27-,28-,29-,30+,31+,32-,33-,34-,35+/m1/s1. The van der Waals surface area contributed by atoms with Crippen LogP contribution in [0.25, 0.3) is 0 Å². The molecule has 0 aromatic heterocycles. The molecule has 3 rings (SSSR count). The Morgan fingerprint density at radius 1 is 0.661 bits per heavy atom. The highest BCUT2D eigenvalue weighted by atomic mass is 32.2. The van der Waals surface area contributed by atoms with E-state index in [1.807, 2.05) is 0 Å². The Morgan fingerprint density at radius 2 is 1.12 bits per heavy atom. The van der Waals surface area contributed by atoms with Crippen molar-refractivity contribution in [3.05, 3.63) is 43.0 Å². The Balaban J connectivity index is 2.10. The predicted molar refractivity (Wildman–Crippen MR) is 188 cm³/mol. The average Bonchev–Trinajstić information content (AvgIpc) is 3.11. The molecule has 0 radical (unpaired) electrons. The number of esters is 6. The maximum absolute atomic E-state index is 12.8. The minimum atomic E-state index is -1.76. The lowest BCUT2D eigenvalue weighted by Gasteiger charge is -2.49. The van der Waals surface area contributed by atoms with E-state index in [2.05, 4.69) is 6.58 Å². The highest BCUT2D eigenvalue weighted by molar-refractivity contribution is 8.14. The first-order valence-electron chi connectivity index (χ1n) is 17.1. The minimum Gasteiger partial charge on any atom is -0.463 e. The lowest BCUT2D eigenvalue weighted by Crippen LogP contribution is -2.67. The van der Waals surface area contributed by atoms with Crippen molar-refractivity contribution in [2.24, 2.45) is 0 Å². The summed E-state index contributed by atoms with van der Waals surface area (Å²) < 4.78 is 68.3. The van der Waals surface area contributed by atoms with Crippen LogP contribution in [0.15, 0.2) is 43.0 Å². The smallest absolute Gasteiger partial charge is 0.373 e. The summed E-state index contributed by atoms with van der Waals surface area (Å²) >= 11 is 0.712. The van der Waals surface area contributed by atoms with Crippen LogP contribution in [0.4, 0.5) is 4.79 Å². The number of benzene rings is 1. The highest BCUT2D eigenvalue weighted by Crippen LogP contribution is 2.36. The largest absolute Gasteiger partial charge is 0.463 e. The summed E-state index contributed by atoms with van der Waals surface area (Å²) in [5.41, 5.74) is 0. The molecule has 2 heterocycles. The van der Waals surface area contributed by atoms with Gasteiger partial charge in [-0.3, -0.25) is 28.8 Å². The number of thioether (sulfide) groups is 1. The van der Waals surface area contributed by atoms with Crippen molar-refractivity contribution >= 4 is 52.9 Å². The van der Waals surface area contributed by atoms with Gasteiger partial charge in [0.1, 0.15) is 43.4 Å². The maximum atomic E-state index is 12.8. The van der Waals surface area contributed by atoms with Crippen LogP contribution in [0, 0.1) is 0 Å². The first-order chi connectivity index (χ1) is 26.5. The Bertz CT molecular complexity index is 1540. The first-order valence-corrected chi connectivity index (χ1v) is 18.0. The Labute approximate surface area is 326 Å². The van der Waals surface area contributed by atoms with Crippen LogP contribution in [0.1, 0.15) is 41.5 Å². The van der Waals surface area contributed by atoms with E-state index in [0.29, 0.717) is 11.8 Å². The van der Waals surface area contributed by atoms with Gasteiger partial charge in [-0.2, -0.15) is 0 Å². The van der Waals surface area contributed by atoms with Crippen molar-refractivity contribution in [3.63, 3.8) is 0 Å². The van der Waals surface area contributed by atoms with E-state index in [0.717, 1.165) is 41.5 Å². The van der Waals surface area contributed by atoms with Gasteiger partial charge in [-0.1, -0.05) is 24.3 Å². The molecule has 0 spiro atoms. The number of para-hydroxylation sites is 1. The number of rotatable bonds is 17. The molecular weight excluding hydrogens is 768 g/mol. The van der Waals surface area contributed by atoms with E-state index in [1.54, 1.807) is 30.3 Å². The van der Waals surface area contributed by atoms with Crippen molar-refractivity contribution in [3.8, 4) is 5.75 Å². The van der Waals surface area contributed by atoms with Crippen LogP contribution in [0.2, 0.25) is 0 Å². The van der Waals surface area contributed by atoms with E-state index < -0.39 is 121 Å². The van der Waals surface area contributed by atoms with Crippen LogP contribution in [0.5, 0.6) is 5.75 Å². The third-order valence-electron chi connectivity index (χ3n) is 7.72. The molecule has 0 saturated carbocycles. The fourth-order valence-corrected chi connectivity index (χ4v) is 6.25. The van der Waals surface area contributed by atoms with Crippen LogP contribution < -0.4 is 4.74 Å². The third-order valence-corrected chi connectivity index (χ3v) is 8.63. The van der Waals surface area contributed by atoms with Crippen molar-refractivity contribution in [1.82, 2.24) is 0 Å². The normalized spacial score (nSPS) is 27.7. The van der Waals surface area contributed by atoms with Crippen LogP contribution in [0.3, 0.4) is 0 Å². The minimum absolute atomic E-state index is 0.286. The topological polar surface area (TPSA) is 230 Å². The molecular formula is C36H46O19S. The van der Waals surface area contributed by atoms with E-state index in [1.165, 1.54) is 13.2 Å². The molecule has 56 heavy (non-hydrogen) atoms. The second-order valence-corrected chi connectivity index (χ2v) is 13.4. The van der Waals surface area contributed by atoms with Crippen LogP contribution in [-0.2, 0) is 80.9 Å². The van der Waals surface area contributed by atoms with Crippen molar-refractivity contribution < 1.29 is 90.4 Å². The van der Waals surface area contributed by atoms with Gasteiger partial charge in [0.25, 0.3) is 0 Å². The van der Waals surface area contributed by atoms with Gasteiger partial charge < -0.3 is 56.8 Å². The van der Waals surface area contributed by atoms with Crippen molar-refractivity contribution in [2.45, 2.75) is 108 Å². The van der Waals surface area contributed by atoms with E-state index in [9.17, 15) is 33.6 Å². The predicted octanol–water partition coefficient (Wildman–Crippen LogP) is 2.19. The molecule has 1 aromatic rings. The van der Waals surface area contributed by atoms with Gasteiger partial charge in [-0.25, -0.2) is 4.79 Å².